The van der Waals surface area contributed by atoms with Crippen LogP contribution < -0.4 is 5.32 Å². The normalized spacial score (nSPS) is 12.9. The highest BCUT2D eigenvalue weighted by Crippen LogP contribution is 2.22. The van der Waals surface area contributed by atoms with Gasteiger partial charge in [-0.1, -0.05) is 48.4 Å². The first-order valence-electron chi connectivity index (χ1n) is 9.84. The minimum absolute atomic E-state index is 0.0711. The van der Waals surface area contributed by atoms with E-state index in [1.54, 1.807) is 24.0 Å². The minimum Gasteiger partial charge on any atom is -0.352 e. The van der Waals surface area contributed by atoms with Gasteiger partial charge >= 0.3 is 0 Å². The van der Waals surface area contributed by atoms with Gasteiger partial charge in [-0.05, 0) is 57.0 Å². The SMILES string of the molecule is CCC(C)NC(=O)C(C)N(Cc1cccc(C)c1)C(=O)CSc1ccc(Cl)cc1. The first-order chi connectivity index (χ1) is 13.8. The van der Waals surface area contributed by atoms with Crippen LogP contribution in [0.25, 0.3) is 0 Å². The Hall–Kier alpha value is -1.98. The Balaban J connectivity index is 2.14. The van der Waals surface area contributed by atoms with E-state index in [0.29, 0.717) is 11.6 Å². The van der Waals surface area contributed by atoms with Crippen molar-refractivity contribution in [3.8, 4) is 0 Å². The zero-order valence-electron chi connectivity index (χ0n) is 17.4. The van der Waals surface area contributed by atoms with Crippen molar-refractivity contribution in [2.24, 2.45) is 0 Å². The quantitative estimate of drug-likeness (QED) is 0.562. The van der Waals surface area contributed by atoms with Crippen LogP contribution in [-0.4, -0.2) is 34.6 Å². The molecule has 29 heavy (non-hydrogen) atoms. The summed E-state index contributed by atoms with van der Waals surface area (Å²) in [7, 11) is 0. The molecule has 156 valence electrons. The van der Waals surface area contributed by atoms with Gasteiger partial charge in [0, 0.05) is 22.5 Å². The highest BCUT2D eigenvalue weighted by Gasteiger charge is 2.26. The van der Waals surface area contributed by atoms with Crippen molar-refractivity contribution in [1.82, 2.24) is 10.2 Å². The monoisotopic (exact) mass is 432 g/mol. The van der Waals surface area contributed by atoms with Crippen molar-refractivity contribution in [3.63, 3.8) is 0 Å². The van der Waals surface area contributed by atoms with Crippen LogP contribution in [0.2, 0.25) is 5.02 Å². The highest BCUT2D eigenvalue weighted by atomic mass is 35.5. The molecule has 0 aliphatic rings. The molecule has 0 radical (unpaired) electrons. The second kappa shape index (κ2) is 11.3. The number of benzene rings is 2. The Morgan fingerprint density at radius 2 is 1.83 bits per heavy atom. The van der Waals surface area contributed by atoms with E-state index >= 15 is 0 Å². The van der Waals surface area contributed by atoms with Gasteiger partial charge in [-0.3, -0.25) is 9.59 Å². The van der Waals surface area contributed by atoms with Gasteiger partial charge in [-0.25, -0.2) is 0 Å². The van der Waals surface area contributed by atoms with Gasteiger partial charge in [-0.15, -0.1) is 11.8 Å². The number of hydrogen-bond acceptors (Lipinski definition) is 3. The van der Waals surface area contributed by atoms with Gasteiger partial charge in [0.25, 0.3) is 0 Å². The van der Waals surface area contributed by atoms with Gasteiger partial charge in [0.2, 0.25) is 11.8 Å². The third-order valence-corrected chi connectivity index (χ3v) is 6.03. The lowest BCUT2D eigenvalue weighted by Gasteiger charge is -2.29. The molecule has 0 aromatic heterocycles. The number of rotatable bonds is 9. The van der Waals surface area contributed by atoms with Crippen molar-refractivity contribution in [2.75, 3.05) is 5.75 Å². The lowest BCUT2D eigenvalue weighted by atomic mass is 10.1. The Bertz CT molecular complexity index is 826. The molecular formula is C23H29ClN2O2S. The summed E-state index contributed by atoms with van der Waals surface area (Å²) in [6.45, 7) is 8.20. The summed E-state index contributed by atoms with van der Waals surface area (Å²) in [6, 6.07) is 14.9. The Morgan fingerprint density at radius 1 is 1.14 bits per heavy atom. The van der Waals surface area contributed by atoms with E-state index in [1.165, 1.54) is 11.8 Å². The molecule has 0 aliphatic heterocycles. The summed E-state index contributed by atoms with van der Waals surface area (Å²) in [5.74, 6) is 0.0594. The van der Waals surface area contributed by atoms with Gasteiger partial charge in [-0.2, -0.15) is 0 Å². The average Bonchev–Trinajstić information content (AvgIpc) is 2.70. The molecule has 2 aromatic carbocycles. The zero-order valence-corrected chi connectivity index (χ0v) is 19.0. The maximum absolute atomic E-state index is 13.1. The molecule has 2 atom stereocenters. The molecule has 2 rings (SSSR count). The first kappa shape index (κ1) is 23.3. The standard InChI is InChI=1S/C23H29ClN2O2S/c1-5-17(3)25-23(28)18(4)26(14-19-8-6-7-16(2)13-19)22(27)15-29-21-11-9-20(24)10-12-21/h6-13,17-18H,5,14-15H2,1-4H3,(H,25,28). The number of aryl methyl sites for hydroxylation is 1. The maximum atomic E-state index is 13.1. The number of thioether (sulfide) groups is 1. The third kappa shape index (κ3) is 7.41. The molecule has 2 unspecified atom stereocenters. The molecule has 0 heterocycles. The topological polar surface area (TPSA) is 49.4 Å². The van der Waals surface area contributed by atoms with Crippen LogP contribution in [0.15, 0.2) is 53.4 Å². The van der Waals surface area contributed by atoms with E-state index in [4.69, 9.17) is 11.6 Å². The fraction of sp³-hybridized carbons (Fsp3) is 0.391. The van der Waals surface area contributed by atoms with Gasteiger partial charge in [0.1, 0.15) is 6.04 Å². The summed E-state index contributed by atoms with van der Waals surface area (Å²) in [4.78, 5) is 28.4. The summed E-state index contributed by atoms with van der Waals surface area (Å²) >= 11 is 7.37. The lowest BCUT2D eigenvalue weighted by Crippen LogP contribution is -2.50. The number of nitrogens with zero attached hydrogens (tertiary/aromatic N) is 1. The van der Waals surface area contributed by atoms with E-state index < -0.39 is 6.04 Å². The van der Waals surface area contributed by atoms with Crippen molar-refractivity contribution < 1.29 is 9.59 Å². The van der Waals surface area contributed by atoms with Crippen LogP contribution in [-0.2, 0) is 16.1 Å². The molecule has 1 N–H and O–H groups in total. The van der Waals surface area contributed by atoms with Crippen molar-refractivity contribution in [1.29, 1.82) is 0 Å². The minimum atomic E-state index is -0.553. The van der Waals surface area contributed by atoms with Gasteiger partial charge in [0.15, 0.2) is 0 Å². The van der Waals surface area contributed by atoms with Gasteiger partial charge in [0.05, 0.1) is 5.75 Å². The van der Waals surface area contributed by atoms with Crippen LogP contribution in [0.5, 0.6) is 0 Å². The fourth-order valence-corrected chi connectivity index (χ4v) is 3.72. The second-order valence-electron chi connectivity index (χ2n) is 7.25. The Labute approximate surface area is 183 Å². The van der Waals surface area contributed by atoms with E-state index in [0.717, 1.165) is 22.4 Å². The molecule has 6 heteroatoms. The molecule has 4 nitrogen and oxygen atoms in total. The van der Waals surface area contributed by atoms with E-state index in [-0.39, 0.29) is 23.6 Å². The number of carbonyl (C=O) groups is 2. The largest absolute Gasteiger partial charge is 0.352 e. The molecule has 0 bridgehead atoms. The van der Waals surface area contributed by atoms with Crippen molar-refractivity contribution >= 4 is 35.2 Å². The summed E-state index contributed by atoms with van der Waals surface area (Å²) in [5, 5.41) is 3.65. The summed E-state index contributed by atoms with van der Waals surface area (Å²) < 4.78 is 0. The van der Waals surface area contributed by atoms with E-state index in [1.807, 2.05) is 57.2 Å². The van der Waals surface area contributed by atoms with Crippen LogP contribution in [0.1, 0.15) is 38.3 Å². The van der Waals surface area contributed by atoms with Crippen LogP contribution in [0, 0.1) is 6.92 Å². The predicted molar refractivity (Wildman–Crippen MR) is 121 cm³/mol. The van der Waals surface area contributed by atoms with Crippen LogP contribution in [0.4, 0.5) is 0 Å². The number of amides is 2. The molecule has 2 aromatic rings. The molecule has 0 saturated heterocycles. The van der Waals surface area contributed by atoms with E-state index in [2.05, 4.69) is 5.32 Å². The Kier molecular flexibility index (Phi) is 9.05. The second-order valence-corrected chi connectivity index (χ2v) is 8.73. The first-order valence-corrected chi connectivity index (χ1v) is 11.2. The fourth-order valence-electron chi connectivity index (χ4n) is 2.81. The summed E-state index contributed by atoms with van der Waals surface area (Å²) in [6.07, 6.45) is 0.844. The molecular weight excluding hydrogens is 404 g/mol. The van der Waals surface area contributed by atoms with Gasteiger partial charge < -0.3 is 10.2 Å². The zero-order chi connectivity index (χ0) is 21.4. The molecule has 0 aliphatic carbocycles. The van der Waals surface area contributed by atoms with Crippen molar-refractivity contribution in [3.05, 3.63) is 64.7 Å². The van der Waals surface area contributed by atoms with Crippen molar-refractivity contribution in [2.45, 2.75) is 57.6 Å². The molecule has 2 amide bonds. The maximum Gasteiger partial charge on any atom is 0.242 e. The number of nitrogens with one attached hydrogen (secondary N) is 1. The molecule has 0 saturated carbocycles. The molecule has 0 spiro atoms. The number of hydrogen-bond donors (Lipinski definition) is 1. The smallest absolute Gasteiger partial charge is 0.242 e. The highest BCUT2D eigenvalue weighted by molar-refractivity contribution is 8.00. The molecule has 0 fully saturated rings. The van der Waals surface area contributed by atoms with Crippen LogP contribution >= 0.6 is 23.4 Å². The third-order valence-electron chi connectivity index (χ3n) is 4.78. The Morgan fingerprint density at radius 3 is 2.45 bits per heavy atom. The van der Waals surface area contributed by atoms with E-state index in [9.17, 15) is 9.59 Å². The lowest BCUT2D eigenvalue weighted by molar-refractivity contribution is -0.138. The number of carbonyl (C=O) groups excluding carboxylic acids is 2. The predicted octanol–water partition coefficient (Wildman–Crippen LogP) is 5.07. The summed E-state index contributed by atoms with van der Waals surface area (Å²) in [5.41, 5.74) is 2.14. The average molecular weight is 433 g/mol. The van der Waals surface area contributed by atoms with Crippen LogP contribution in [0.3, 0.4) is 0 Å². The number of halogens is 1.